The number of thiophene rings is 1. The minimum atomic E-state index is -0.0536. The van der Waals surface area contributed by atoms with Gasteiger partial charge in [-0.15, -0.1) is 21.5 Å². The second-order valence-corrected chi connectivity index (χ2v) is 7.23. The summed E-state index contributed by atoms with van der Waals surface area (Å²) in [6.45, 7) is 4.11. The molecular weight excluding hydrogens is 390 g/mol. The van der Waals surface area contributed by atoms with Gasteiger partial charge in [-0.3, -0.25) is 5.32 Å². The molecule has 0 aliphatic rings. The van der Waals surface area contributed by atoms with Gasteiger partial charge in [0.15, 0.2) is 0 Å². The Labute approximate surface area is 153 Å². The Hall–Kier alpha value is -1.70. The van der Waals surface area contributed by atoms with E-state index in [2.05, 4.69) is 38.4 Å². The molecule has 24 heavy (non-hydrogen) atoms. The third-order valence-electron chi connectivity index (χ3n) is 3.72. The number of methoxy groups -OCH3 is 1. The molecule has 2 atom stereocenters. The SMILES string of the molecule is COc1ccc([C@@H](C)N[C@@H](C)c2nnc(-c3cccs3)o2)cc1Br. The highest BCUT2D eigenvalue weighted by molar-refractivity contribution is 9.10. The lowest BCUT2D eigenvalue weighted by Crippen LogP contribution is -2.22. The maximum absolute atomic E-state index is 5.78. The first-order chi connectivity index (χ1) is 11.6. The van der Waals surface area contributed by atoms with Crippen LogP contribution in [-0.4, -0.2) is 17.3 Å². The Morgan fingerprint density at radius 2 is 2.04 bits per heavy atom. The van der Waals surface area contributed by atoms with E-state index in [-0.39, 0.29) is 12.1 Å². The van der Waals surface area contributed by atoms with Gasteiger partial charge in [-0.05, 0) is 58.9 Å². The quantitative estimate of drug-likeness (QED) is 0.623. The van der Waals surface area contributed by atoms with Gasteiger partial charge < -0.3 is 9.15 Å². The highest BCUT2D eigenvalue weighted by Crippen LogP contribution is 2.29. The molecule has 0 saturated carbocycles. The van der Waals surface area contributed by atoms with Gasteiger partial charge in [0, 0.05) is 6.04 Å². The summed E-state index contributed by atoms with van der Waals surface area (Å²) in [6, 6.07) is 10.0. The molecule has 0 radical (unpaired) electrons. The van der Waals surface area contributed by atoms with Gasteiger partial charge in [0.1, 0.15) is 5.75 Å². The standard InChI is InChI=1S/C17H18BrN3O2S/c1-10(12-6-7-14(22-3)13(18)9-12)19-11(2)16-20-21-17(23-16)15-5-4-8-24-15/h4-11,19H,1-3H3/t10-,11+/m1/s1. The summed E-state index contributed by atoms with van der Waals surface area (Å²) in [6.07, 6.45) is 0. The highest BCUT2D eigenvalue weighted by atomic mass is 79.9. The maximum Gasteiger partial charge on any atom is 0.257 e. The molecule has 1 aromatic carbocycles. The fraction of sp³-hybridized carbons (Fsp3) is 0.294. The van der Waals surface area contributed by atoms with Gasteiger partial charge in [-0.2, -0.15) is 0 Å². The minimum absolute atomic E-state index is 0.0536. The number of nitrogens with zero attached hydrogens (tertiary/aromatic N) is 2. The van der Waals surface area contributed by atoms with Crippen molar-refractivity contribution < 1.29 is 9.15 Å². The molecule has 0 aliphatic carbocycles. The number of hydrogen-bond acceptors (Lipinski definition) is 6. The molecule has 0 aliphatic heterocycles. The van der Waals surface area contributed by atoms with Crippen LogP contribution in [0.4, 0.5) is 0 Å². The molecule has 0 fully saturated rings. The van der Waals surface area contributed by atoms with Crippen LogP contribution in [0.15, 0.2) is 44.6 Å². The van der Waals surface area contributed by atoms with Gasteiger partial charge in [-0.1, -0.05) is 12.1 Å². The van der Waals surface area contributed by atoms with Crippen molar-refractivity contribution in [2.24, 2.45) is 0 Å². The average Bonchev–Trinajstić information content (AvgIpc) is 3.25. The van der Waals surface area contributed by atoms with E-state index in [1.165, 1.54) is 0 Å². The third kappa shape index (κ3) is 3.68. The number of halogens is 1. The van der Waals surface area contributed by atoms with E-state index in [1.54, 1.807) is 18.4 Å². The van der Waals surface area contributed by atoms with Crippen LogP contribution >= 0.6 is 27.3 Å². The van der Waals surface area contributed by atoms with Gasteiger partial charge in [-0.25, -0.2) is 0 Å². The van der Waals surface area contributed by atoms with Crippen molar-refractivity contribution in [3.05, 3.63) is 51.6 Å². The van der Waals surface area contributed by atoms with Gasteiger partial charge >= 0.3 is 0 Å². The van der Waals surface area contributed by atoms with Crippen LogP contribution in [0, 0.1) is 0 Å². The molecule has 0 amide bonds. The average molecular weight is 408 g/mol. The summed E-state index contributed by atoms with van der Waals surface area (Å²) in [5.74, 6) is 1.96. The summed E-state index contributed by atoms with van der Waals surface area (Å²) in [5, 5.41) is 13.8. The van der Waals surface area contributed by atoms with E-state index in [9.17, 15) is 0 Å². The van der Waals surface area contributed by atoms with Crippen molar-refractivity contribution in [1.82, 2.24) is 15.5 Å². The molecule has 126 valence electrons. The zero-order chi connectivity index (χ0) is 17.1. The normalized spacial score (nSPS) is 13.7. The van der Waals surface area contributed by atoms with Crippen LogP contribution in [0.25, 0.3) is 10.8 Å². The van der Waals surface area contributed by atoms with Crippen LogP contribution in [0.2, 0.25) is 0 Å². The number of nitrogens with one attached hydrogen (secondary N) is 1. The van der Waals surface area contributed by atoms with E-state index >= 15 is 0 Å². The predicted molar refractivity (Wildman–Crippen MR) is 98.3 cm³/mol. The fourth-order valence-corrected chi connectivity index (χ4v) is 3.61. The molecular formula is C17H18BrN3O2S. The van der Waals surface area contributed by atoms with Gasteiger partial charge in [0.25, 0.3) is 5.89 Å². The molecule has 0 spiro atoms. The van der Waals surface area contributed by atoms with Crippen LogP contribution in [0.3, 0.4) is 0 Å². The second-order valence-electron chi connectivity index (χ2n) is 5.43. The smallest absolute Gasteiger partial charge is 0.257 e. The van der Waals surface area contributed by atoms with Crippen molar-refractivity contribution in [3.63, 3.8) is 0 Å². The molecule has 2 heterocycles. The van der Waals surface area contributed by atoms with E-state index in [1.807, 2.05) is 42.6 Å². The summed E-state index contributed by atoms with van der Waals surface area (Å²) >= 11 is 5.10. The van der Waals surface area contributed by atoms with Crippen molar-refractivity contribution in [2.75, 3.05) is 7.11 Å². The summed E-state index contributed by atoms with van der Waals surface area (Å²) in [4.78, 5) is 0.980. The van der Waals surface area contributed by atoms with Crippen molar-refractivity contribution in [1.29, 1.82) is 0 Å². The van der Waals surface area contributed by atoms with E-state index in [0.717, 1.165) is 20.7 Å². The number of ether oxygens (including phenoxy) is 1. The summed E-state index contributed by atoms with van der Waals surface area (Å²) < 4.78 is 12.0. The lowest BCUT2D eigenvalue weighted by atomic mass is 10.1. The van der Waals surface area contributed by atoms with Crippen molar-refractivity contribution >= 4 is 27.3 Å². The predicted octanol–water partition coefficient (Wildman–Crippen LogP) is 4.98. The first-order valence-corrected chi connectivity index (χ1v) is 9.22. The molecule has 0 saturated heterocycles. The van der Waals surface area contributed by atoms with Crippen LogP contribution < -0.4 is 10.1 Å². The zero-order valence-electron chi connectivity index (χ0n) is 13.6. The minimum Gasteiger partial charge on any atom is -0.496 e. The molecule has 0 bridgehead atoms. The Morgan fingerprint density at radius 3 is 2.71 bits per heavy atom. The first-order valence-electron chi connectivity index (χ1n) is 7.55. The van der Waals surface area contributed by atoms with E-state index < -0.39 is 0 Å². The van der Waals surface area contributed by atoms with E-state index in [0.29, 0.717) is 11.8 Å². The Kier molecular flexibility index (Phi) is 5.33. The zero-order valence-corrected chi connectivity index (χ0v) is 16.0. The largest absolute Gasteiger partial charge is 0.496 e. The first kappa shape index (κ1) is 17.1. The summed E-state index contributed by atoms with van der Waals surface area (Å²) in [7, 11) is 1.66. The molecule has 1 N–H and O–H groups in total. The van der Waals surface area contributed by atoms with Gasteiger partial charge in [0.2, 0.25) is 5.89 Å². The van der Waals surface area contributed by atoms with Gasteiger partial charge in [0.05, 0.1) is 22.5 Å². The maximum atomic E-state index is 5.78. The third-order valence-corrected chi connectivity index (χ3v) is 5.20. The summed E-state index contributed by atoms with van der Waals surface area (Å²) in [5.41, 5.74) is 1.15. The number of rotatable bonds is 6. The molecule has 3 aromatic rings. The van der Waals surface area contributed by atoms with Crippen molar-refractivity contribution in [3.8, 4) is 16.5 Å². The van der Waals surface area contributed by atoms with Crippen molar-refractivity contribution in [2.45, 2.75) is 25.9 Å². The number of aromatic nitrogens is 2. The fourth-order valence-electron chi connectivity index (χ4n) is 2.40. The monoisotopic (exact) mass is 407 g/mol. The van der Waals surface area contributed by atoms with Crippen LogP contribution in [0.1, 0.15) is 37.4 Å². The van der Waals surface area contributed by atoms with Crippen LogP contribution in [0.5, 0.6) is 5.75 Å². The number of hydrogen-bond donors (Lipinski definition) is 1. The Morgan fingerprint density at radius 1 is 1.21 bits per heavy atom. The lowest BCUT2D eigenvalue weighted by Gasteiger charge is -2.18. The topological polar surface area (TPSA) is 60.2 Å². The molecule has 0 unspecified atom stereocenters. The molecule has 2 aromatic heterocycles. The lowest BCUT2D eigenvalue weighted by molar-refractivity contribution is 0.393. The van der Waals surface area contributed by atoms with Crippen LogP contribution in [-0.2, 0) is 0 Å². The second kappa shape index (κ2) is 7.46. The molecule has 5 nitrogen and oxygen atoms in total. The molecule has 3 rings (SSSR count). The Bertz CT molecular complexity index is 804. The number of benzene rings is 1. The highest BCUT2D eigenvalue weighted by Gasteiger charge is 2.18. The Balaban J connectivity index is 1.70. The van der Waals surface area contributed by atoms with E-state index in [4.69, 9.17) is 9.15 Å². The molecule has 7 heteroatoms.